The average molecular weight is 352 g/mol. The second kappa shape index (κ2) is 8.95. The Hall–Kier alpha value is -2.20. The van der Waals surface area contributed by atoms with Crippen LogP contribution >= 0.6 is 0 Å². The molecule has 26 heavy (non-hydrogen) atoms. The highest BCUT2D eigenvalue weighted by Gasteiger charge is 2.32. The molecule has 0 N–H and O–H groups in total. The van der Waals surface area contributed by atoms with E-state index >= 15 is 0 Å². The number of piperidine rings is 1. The molecule has 1 saturated heterocycles. The molecule has 1 fully saturated rings. The van der Waals surface area contributed by atoms with Gasteiger partial charge in [-0.25, -0.2) is 0 Å². The first kappa shape index (κ1) is 18.6. The molecule has 1 aliphatic heterocycles. The van der Waals surface area contributed by atoms with E-state index in [4.69, 9.17) is 4.74 Å². The number of aromatic nitrogens is 1. The number of hydrogen-bond donors (Lipinski definition) is 0. The number of rotatable bonds is 6. The molecule has 2 atom stereocenters. The number of likely N-dealkylation sites (tertiary alicyclic amines) is 1. The van der Waals surface area contributed by atoms with Crippen LogP contribution < -0.4 is 0 Å². The highest BCUT2D eigenvalue weighted by atomic mass is 16.5. The number of pyridine rings is 1. The minimum absolute atomic E-state index is 0.0432. The van der Waals surface area contributed by atoms with Crippen LogP contribution in [0.3, 0.4) is 0 Å². The lowest BCUT2D eigenvalue weighted by molar-refractivity contribution is -0.139. The van der Waals surface area contributed by atoms with Crippen LogP contribution in [0, 0.1) is 11.8 Å². The minimum atomic E-state index is 0.0432. The fourth-order valence-electron chi connectivity index (χ4n) is 3.59. The van der Waals surface area contributed by atoms with E-state index in [1.165, 1.54) is 5.56 Å². The summed E-state index contributed by atoms with van der Waals surface area (Å²) >= 11 is 0. The van der Waals surface area contributed by atoms with Gasteiger partial charge in [0.15, 0.2) is 0 Å². The molecule has 1 aromatic carbocycles. The van der Waals surface area contributed by atoms with Gasteiger partial charge in [-0.05, 0) is 36.1 Å². The van der Waals surface area contributed by atoms with Gasteiger partial charge in [0.05, 0.1) is 12.7 Å². The van der Waals surface area contributed by atoms with Gasteiger partial charge >= 0.3 is 0 Å². The van der Waals surface area contributed by atoms with Crippen LogP contribution in [0.1, 0.15) is 31.4 Å². The van der Waals surface area contributed by atoms with Gasteiger partial charge in [0.2, 0.25) is 5.91 Å². The Balaban J connectivity index is 1.68. The third-order valence-corrected chi connectivity index (χ3v) is 5.02. The molecule has 1 aliphatic rings. The SMILES string of the molecule is CC(C)C(=O)N1CC[C@@H](OCc2ccncc2)[C@@H](Cc2ccccc2)C1. The molecule has 0 aliphatic carbocycles. The normalized spacial score (nSPS) is 20.3. The molecule has 0 bridgehead atoms. The molecule has 0 unspecified atom stereocenters. The Labute approximate surface area is 156 Å². The highest BCUT2D eigenvalue weighted by molar-refractivity contribution is 5.78. The zero-order chi connectivity index (χ0) is 18.4. The molecule has 0 spiro atoms. The quantitative estimate of drug-likeness (QED) is 0.796. The van der Waals surface area contributed by atoms with Crippen LogP contribution in [-0.2, 0) is 22.6 Å². The first-order chi connectivity index (χ1) is 12.6. The Morgan fingerprint density at radius 2 is 1.88 bits per heavy atom. The zero-order valence-corrected chi connectivity index (χ0v) is 15.7. The summed E-state index contributed by atoms with van der Waals surface area (Å²) in [7, 11) is 0. The fraction of sp³-hybridized carbons (Fsp3) is 0.455. The standard InChI is InChI=1S/C22H28N2O2/c1-17(2)22(25)24-13-10-21(26-16-19-8-11-23-12-9-19)20(15-24)14-18-6-4-3-5-7-18/h3-9,11-12,17,20-21H,10,13-16H2,1-2H3/t20-,21+/m0/s1. The monoisotopic (exact) mass is 352 g/mol. The molecule has 3 rings (SSSR count). The van der Waals surface area contributed by atoms with Crippen molar-refractivity contribution in [3.05, 3.63) is 66.0 Å². The van der Waals surface area contributed by atoms with Crippen molar-refractivity contribution < 1.29 is 9.53 Å². The Bertz CT molecular complexity index is 688. The fourth-order valence-corrected chi connectivity index (χ4v) is 3.59. The van der Waals surface area contributed by atoms with Gasteiger partial charge in [-0.2, -0.15) is 0 Å². The lowest BCUT2D eigenvalue weighted by atomic mass is 9.88. The second-order valence-corrected chi connectivity index (χ2v) is 7.38. The zero-order valence-electron chi connectivity index (χ0n) is 15.7. The number of hydrogen-bond acceptors (Lipinski definition) is 3. The number of amides is 1. The van der Waals surface area contributed by atoms with Crippen LogP contribution in [0.15, 0.2) is 54.9 Å². The van der Waals surface area contributed by atoms with Crippen LogP contribution in [0.4, 0.5) is 0 Å². The van der Waals surface area contributed by atoms with E-state index in [0.29, 0.717) is 12.5 Å². The van der Waals surface area contributed by atoms with E-state index in [1.807, 2.05) is 36.9 Å². The van der Waals surface area contributed by atoms with Gasteiger partial charge in [0.1, 0.15) is 0 Å². The highest BCUT2D eigenvalue weighted by Crippen LogP contribution is 2.26. The first-order valence-corrected chi connectivity index (χ1v) is 9.46. The number of carbonyl (C=O) groups is 1. The molecule has 4 nitrogen and oxygen atoms in total. The van der Waals surface area contributed by atoms with Gasteiger partial charge in [0.25, 0.3) is 0 Å². The average Bonchev–Trinajstić information content (AvgIpc) is 2.68. The van der Waals surface area contributed by atoms with Crippen molar-refractivity contribution in [2.75, 3.05) is 13.1 Å². The molecule has 0 saturated carbocycles. The molecular weight excluding hydrogens is 324 g/mol. The Morgan fingerprint density at radius 1 is 1.15 bits per heavy atom. The van der Waals surface area contributed by atoms with Crippen molar-refractivity contribution in [3.63, 3.8) is 0 Å². The van der Waals surface area contributed by atoms with Gasteiger partial charge < -0.3 is 9.64 Å². The van der Waals surface area contributed by atoms with E-state index in [2.05, 4.69) is 29.2 Å². The van der Waals surface area contributed by atoms with Gasteiger partial charge in [-0.1, -0.05) is 44.2 Å². The summed E-state index contributed by atoms with van der Waals surface area (Å²) in [4.78, 5) is 18.5. The molecule has 2 aromatic rings. The van der Waals surface area contributed by atoms with Crippen LogP contribution in [0.5, 0.6) is 0 Å². The summed E-state index contributed by atoms with van der Waals surface area (Å²) in [6.45, 7) is 6.09. The van der Waals surface area contributed by atoms with Gasteiger partial charge in [-0.15, -0.1) is 0 Å². The molecule has 2 heterocycles. The van der Waals surface area contributed by atoms with E-state index in [-0.39, 0.29) is 17.9 Å². The van der Waals surface area contributed by atoms with Crippen molar-refractivity contribution in [2.24, 2.45) is 11.8 Å². The summed E-state index contributed by atoms with van der Waals surface area (Å²) in [5.41, 5.74) is 2.44. The van der Waals surface area contributed by atoms with Gasteiger partial charge in [-0.3, -0.25) is 9.78 Å². The summed E-state index contributed by atoms with van der Waals surface area (Å²) in [5.74, 6) is 0.605. The predicted octanol–water partition coefficient (Wildman–Crippen LogP) is 3.71. The smallest absolute Gasteiger partial charge is 0.225 e. The Morgan fingerprint density at radius 3 is 2.58 bits per heavy atom. The number of benzene rings is 1. The van der Waals surface area contributed by atoms with E-state index < -0.39 is 0 Å². The maximum Gasteiger partial charge on any atom is 0.225 e. The van der Waals surface area contributed by atoms with Crippen molar-refractivity contribution in [3.8, 4) is 0 Å². The lowest BCUT2D eigenvalue weighted by Crippen LogP contribution is -2.48. The van der Waals surface area contributed by atoms with Crippen molar-refractivity contribution in [1.82, 2.24) is 9.88 Å². The molecule has 4 heteroatoms. The third kappa shape index (κ3) is 4.92. The van der Waals surface area contributed by atoms with Crippen molar-refractivity contribution in [2.45, 2.75) is 39.4 Å². The van der Waals surface area contributed by atoms with E-state index in [9.17, 15) is 4.79 Å². The second-order valence-electron chi connectivity index (χ2n) is 7.38. The molecular formula is C22H28N2O2. The maximum atomic E-state index is 12.5. The number of carbonyl (C=O) groups excluding carboxylic acids is 1. The summed E-state index contributed by atoms with van der Waals surface area (Å²) in [6.07, 6.45) is 5.58. The predicted molar refractivity (Wildman–Crippen MR) is 102 cm³/mol. The minimum Gasteiger partial charge on any atom is -0.373 e. The summed E-state index contributed by atoms with van der Waals surface area (Å²) in [5, 5.41) is 0. The topological polar surface area (TPSA) is 42.4 Å². The lowest BCUT2D eigenvalue weighted by Gasteiger charge is -2.39. The summed E-state index contributed by atoms with van der Waals surface area (Å²) < 4.78 is 6.28. The van der Waals surface area contributed by atoms with E-state index in [0.717, 1.165) is 31.5 Å². The number of ether oxygens (including phenoxy) is 1. The van der Waals surface area contributed by atoms with Crippen LogP contribution in [-0.4, -0.2) is 35.0 Å². The van der Waals surface area contributed by atoms with Crippen LogP contribution in [0.2, 0.25) is 0 Å². The van der Waals surface area contributed by atoms with Gasteiger partial charge in [0, 0.05) is 37.3 Å². The Kier molecular flexibility index (Phi) is 6.40. The van der Waals surface area contributed by atoms with Crippen molar-refractivity contribution in [1.29, 1.82) is 0 Å². The maximum absolute atomic E-state index is 12.5. The third-order valence-electron chi connectivity index (χ3n) is 5.02. The number of nitrogens with zero attached hydrogens (tertiary/aromatic N) is 2. The first-order valence-electron chi connectivity index (χ1n) is 9.46. The van der Waals surface area contributed by atoms with E-state index in [1.54, 1.807) is 12.4 Å². The molecule has 138 valence electrons. The van der Waals surface area contributed by atoms with Crippen LogP contribution in [0.25, 0.3) is 0 Å². The summed E-state index contributed by atoms with van der Waals surface area (Å²) in [6, 6.07) is 14.5. The molecule has 1 amide bonds. The van der Waals surface area contributed by atoms with Crippen molar-refractivity contribution >= 4 is 5.91 Å². The molecule has 1 aromatic heterocycles. The molecule has 0 radical (unpaired) electrons. The largest absolute Gasteiger partial charge is 0.373 e.